The number of carbonyl (C=O) groups excluding carboxylic acids is 3. The van der Waals surface area contributed by atoms with E-state index in [1.807, 2.05) is 55.5 Å². The molecule has 4 saturated heterocycles. The summed E-state index contributed by atoms with van der Waals surface area (Å²) in [6.07, 6.45) is 6.26. The first-order valence-corrected chi connectivity index (χ1v) is 25.0. The number of fused-ring (bicyclic) bond motifs is 1. The third-order valence-electron chi connectivity index (χ3n) is 15.0. The van der Waals surface area contributed by atoms with Crippen molar-refractivity contribution in [1.82, 2.24) is 55.7 Å². The number of ether oxygens (including phenoxy) is 1. The molecule has 0 spiro atoms. The van der Waals surface area contributed by atoms with E-state index in [-0.39, 0.29) is 60.9 Å². The van der Waals surface area contributed by atoms with Crippen LogP contribution in [0.15, 0.2) is 101 Å². The molecule has 4 fully saturated rings. The van der Waals surface area contributed by atoms with E-state index >= 15 is 0 Å². The molecule has 2 amide bonds. The maximum atomic E-state index is 14.7. The van der Waals surface area contributed by atoms with Gasteiger partial charge in [-0.2, -0.15) is 20.4 Å². The van der Waals surface area contributed by atoms with Crippen LogP contribution in [0.3, 0.4) is 0 Å². The van der Waals surface area contributed by atoms with Crippen LogP contribution in [0.25, 0.3) is 33.4 Å². The van der Waals surface area contributed by atoms with Crippen LogP contribution in [-0.4, -0.2) is 110 Å². The highest BCUT2D eigenvalue weighted by Crippen LogP contribution is 2.35. The molecule has 0 saturated carbocycles. The molecule has 3 aromatic heterocycles. The fraction of sp³-hybridized carbons (Fsp3) is 0.407. The Kier molecular flexibility index (Phi) is 14.2. The smallest absolute Gasteiger partial charge is 0.275 e. The Morgan fingerprint density at radius 3 is 2.56 bits per heavy atom. The van der Waals surface area contributed by atoms with E-state index in [9.17, 15) is 29.2 Å². The Bertz CT molecular complexity index is 3180. The van der Waals surface area contributed by atoms with E-state index in [1.54, 1.807) is 36.5 Å². The van der Waals surface area contributed by atoms with Gasteiger partial charge >= 0.3 is 0 Å². The highest BCUT2D eigenvalue weighted by molar-refractivity contribution is 5.99. The molecule has 18 heteroatoms. The lowest BCUT2D eigenvalue weighted by Gasteiger charge is -2.42. The largest absolute Gasteiger partial charge is 0.477 e. The molecule has 6 aromatic rings. The monoisotopic (exact) mass is 970 g/mol. The van der Waals surface area contributed by atoms with Gasteiger partial charge < -0.3 is 20.7 Å². The Hall–Kier alpha value is -7.30. The van der Waals surface area contributed by atoms with E-state index in [1.165, 1.54) is 15.4 Å². The highest BCUT2D eigenvalue weighted by Gasteiger charge is 2.42. The first-order chi connectivity index (χ1) is 35.0. The van der Waals surface area contributed by atoms with Gasteiger partial charge in [-0.3, -0.25) is 34.2 Å². The van der Waals surface area contributed by atoms with Gasteiger partial charge in [-0.15, -0.1) is 0 Å². The molecule has 7 heterocycles. The number of nitrogens with one attached hydrogen (secondary N) is 4. The number of piperazine rings is 1. The fourth-order valence-corrected chi connectivity index (χ4v) is 10.8. The summed E-state index contributed by atoms with van der Waals surface area (Å²) in [6.45, 7) is 7.34. The predicted octanol–water partition coefficient (Wildman–Crippen LogP) is 4.01. The van der Waals surface area contributed by atoms with Gasteiger partial charge in [0.2, 0.25) is 11.8 Å². The molecule has 4 aliphatic rings. The summed E-state index contributed by atoms with van der Waals surface area (Å²) in [5.74, 6) is 0.629. The zero-order chi connectivity index (χ0) is 49.8. The molecule has 0 bridgehead atoms. The van der Waals surface area contributed by atoms with Crippen LogP contribution in [0.4, 0.5) is 0 Å². The van der Waals surface area contributed by atoms with Crippen molar-refractivity contribution in [2.24, 2.45) is 11.3 Å². The minimum Gasteiger partial charge on any atom is -0.477 e. The second kappa shape index (κ2) is 21.2. The van der Waals surface area contributed by atoms with Crippen molar-refractivity contribution in [3.63, 3.8) is 0 Å². The molecular formula is C54H58N12O6. The zero-order valence-corrected chi connectivity index (χ0v) is 40.3. The lowest BCUT2D eigenvalue weighted by Crippen LogP contribution is -2.56. The number of hydrogen-bond acceptors (Lipinski definition) is 15. The number of amides is 2. The summed E-state index contributed by atoms with van der Waals surface area (Å²) < 4.78 is 9.07. The van der Waals surface area contributed by atoms with Crippen molar-refractivity contribution in [2.75, 3.05) is 52.4 Å². The maximum absolute atomic E-state index is 14.7. The maximum Gasteiger partial charge on any atom is 0.275 e. The first kappa shape index (κ1) is 48.3. The van der Waals surface area contributed by atoms with E-state index in [2.05, 4.69) is 47.4 Å². The quantitative estimate of drug-likeness (QED) is 0.113. The molecule has 4 aliphatic heterocycles. The van der Waals surface area contributed by atoms with Gasteiger partial charge in [0.1, 0.15) is 12.6 Å². The average Bonchev–Trinajstić information content (AvgIpc) is 3.41. The summed E-state index contributed by atoms with van der Waals surface area (Å²) in [5, 5.41) is 32.8. The number of piperidine rings is 3. The molecule has 370 valence electrons. The number of nitrogens with zero attached hydrogens (tertiary/aromatic N) is 8. The number of imide groups is 1. The summed E-state index contributed by atoms with van der Waals surface area (Å²) in [5.41, 5.74) is 3.96. The minimum atomic E-state index is -0.822. The van der Waals surface area contributed by atoms with Crippen molar-refractivity contribution in [3.05, 3.63) is 134 Å². The number of ketones is 1. The SMILES string of the molecule is Cc1nn(C2CCC(=O)NC2=O)c(=O)c2ccc(C3CC(CC4CNCCN4CC(=O)C4(COc5ccnc(-c6ccc(Cn7nc(-c8cccc(C#N)c8)ccc7=O)cc6)n5)CCNCC4)CCN3)cc12. The van der Waals surface area contributed by atoms with Gasteiger partial charge in [-0.05, 0) is 112 Å². The van der Waals surface area contributed by atoms with Gasteiger partial charge in [0.25, 0.3) is 17.0 Å². The number of Topliss-reactive ketones (excluding diaryl/α,β-unsaturated/α-hetero) is 1. The Morgan fingerprint density at radius 1 is 0.889 bits per heavy atom. The number of rotatable bonds is 14. The van der Waals surface area contributed by atoms with Crippen LogP contribution in [0, 0.1) is 29.6 Å². The topological polar surface area (TPSA) is 231 Å². The zero-order valence-electron chi connectivity index (χ0n) is 40.3. The van der Waals surface area contributed by atoms with E-state index < -0.39 is 17.4 Å². The molecule has 0 aliphatic carbocycles. The Balaban J connectivity index is 0.772. The molecule has 0 radical (unpaired) electrons. The number of benzene rings is 3. The average molecular weight is 971 g/mol. The third kappa shape index (κ3) is 10.5. The Labute approximate surface area is 416 Å². The third-order valence-corrected chi connectivity index (χ3v) is 15.0. The number of nitriles is 1. The van der Waals surface area contributed by atoms with Crippen LogP contribution in [0.2, 0.25) is 0 Å². The molecular weight excluding hydrogens is 913 g/mol. The normalized spacial score (nSPS) is 21.4. The van der Waals surface area contributed by atoms with Crippen LogP contribution in [0.1, 0.15) is 79.4 Å². The van der Waals surface area contributed by atoms with Gasteiger partial charge in [0, 0.05) is 73.0 Å². The van der Waals surface area contributed by atoms with E-state index in [4.69, 9.17) is 9.72 Å². The number of carbonyl (C=O) groups is 3. The summed E-state index contributed by atoms with van der Waals surface area (Å²) in [6, 6.07) is 27.1. The number of hydrogen-bond donors (Lipinski definition) is 4. The fourth-order valence-electron chi connectivity index (χ4n) is 10.8. The standard InChI is InChI=1S/C54H58N12O6/c1-34-43-28-40(9-10-42(43)53(71)66(62-34)46-12-13-48(68)60-52(46)70)45-27-36(15-19-58-45)26-41-30-57-23-24-64(41)32-47(67)54(17-21-56-22-18-54)33-72-49-16-20-59-51(61-49)38-7-5-35(6-8-38)31-65-50(69)14-11-44(63-65)39-4-2-3-37(25-39)29-55/h2-11,14,16,20,25,28,36,41,45-46,56-58H,12-13,15,17-19,21-24,26-27,30-33H2,1H3,(H,60,68,70). The minimum absolute atomic E-state index is 0.0778. The lowest BCUT2D eigenvalue weighted by molar-refractivity contribution is -0.136. The van der Waals surface area contributed by atoms with E-state index in [0.29, 0.717) is 59.3 Å². The van der Waals surface area contributed by atoms with Crippen LogP contribution in [0.5, 0.6) is 5.88 Å². The summed E-state index contributed by atoms with van der Waals surface area (Å²) in [7, 11) is 0. The van der Waals surface area contributed by atoms with Crippen molar-refractivity contribution in [1.29, 1.82) is 5.26 Å². The van der Waals surface area contributed by atoms with Crippen molar-refractivity contribution in [2.45, 2.75) is 76.5 Å². The van der Waals surface area contributed by atoms with Crippen molar-refractivity contribution >= 4 is 28.4 Å². The second-order valence-electron chi connectivity index (χ2n) is 19.6. The van der Waals surface area contributed by atoms with Gasteiger partial charge in [-0.1, -0.05) is 42.5 Å². The van der Waals surface area contributed by atoms with Crippen LogP contribution >= 0.6 is 0 Å². The van der Waals surface area contributed by atoms with Crippen LogP contribution in [-0.2, 0) is 20.9 Å². The molecule has 3 aromatic carbocycles. The molecule has 10 rings (SSSR count). The molecule has 4 atom stereocenters. The summed E-state index contributed by atoms with van der Waals surface area (Å²) in [4.78, 5) is 77.1. The van der Waals surface area contributed by atoms with Crippen molar-refractivity contribution in [3.8, 4) is 34.6 Å². The molecule has 72 heavy (non-hydrogen) atoms. The molecule has 4 N–H and O–H groups in total. The first-order valence-electron chi connectivity index (χ1n) is 25.0. The second-order valence-corrected chi connectivity index (χ2v) is 19.6. The lowest BCUT2D eigenvalue weighted by atomic mass is 9.75. The van der Waals surface area contributed by atoms with Crippen molar-refractivity contribution < 1.29 is 19.1 Å². The molecule has 18 nitrogen and oxygen atoms in total. The Morgan fingerprint density at radius 2 is 1.74 bits per heavy atom. The van der Waals surface area contributed by atoms with Crippen LogP contribution < -0.4 is 37.1 Å². The molecule has 4 unspecified atom stereocenters. The number of aromatic nitrogens is 6. The summed E-state index contributed by atoms with van der Waals surface area (Å²) >= 11 is 0. The number of aryl methyl sites for hydroxylation is 1. The van der Waals surface area contributed by atoms with Gasteiger partial charge in [0.15, 0.2) is 11.6 Å². The van der Waals surface area contributed by atoms with Gasteiger partial charge in [0.05, 0.1) is 46.9 Å². The van der Waals surface area contributed by atoms with Gasteiger partial charge in [-0.25, -0.2) is 14.3 Å². The van der Waals surface area contributed by atoms with E-state index in [0.717, 1.165) is 86.2 Å². The predicted molar refractivity (Wildman–Crippen MR) is 269 cm³/mol. The highest BCUT2D eigenvalue weighted by atomic mass is 16.5.